The Kier molecular flexibility index (Phi) is 7.75. The predicted molar refractivity (Wildman–Crippen MR) is 133 cm³/mol. The second kappa shape index (κ2) is 10.8. The van der Waals surface area contributed by atoms with E-state index < -0.39 is 58.1 Å². The number of para-hydroxylation sites is 2. The molecule has 0 aromatic heterocycles. The van der Waals surface area contributed by atoms with Crippen LogP contribution in [0.3, 0.4) is 0 Å². The van der Waals surface area contributed by atoms with Gasteiger partial charge in [0.1, 0.15) is 0 Å². The Morgan fingerprint density at radius 2 is 0.833 bits per heavy atom. The Hall–Kier alpha value is -3.24. The van der Waals surface area contributed by atoms with Crippen LogP contribution in [0.1, 0.15) is 23.2 Å². The fourth-order valence-electron chi connectivity index (χ4n) is 3.77. The SMILES string of the molecule is Fc1ccc(C(Nc2ccccc2S)C(Nc2ccccc2S)c2ccc(F)c(F)c2F)c(F)c1F. The maximum Gasteiger partial charge on any atom is 0.194 e. The Labute approximate surface area is 214 Å². The van der Waals surface area contributed by atoms with Gasteiger partial charge in [-0.3, -0.25) is 0 Å². The van der Waals surface area contributed by atoms with Crippen LogP contribution in [0.2, 0.25) is 0 Å². The summed E-state index contributed by atoms with van der Waals surface area (Å²) in [6.45, 7) is 0. The van der Waals surface area contributed by atoms with Crippen molar-refractivity contribution in [3.63, 3.8) is 0 Å². The van der Waals surface area contributed by atoms with Gasteiger partial charge in [0.15, 0.2) is 34.9 Å². The lowest BCUT2D eigenvalue weighted by Crippen LogP contribution is -2.28. The summed E-state index contributed by atoms with van der Waals surface area (Å²) in [6.07, 6.45) is 0. The summed E-state index contributed by atoms with van der Waals surface area (Å²) in [6, 6.07) is 13.7. The molecule has 0 saturated heterocycles. The van der Waals surface area contributed by atoms with Crippen molar-refractivity contribution in [1.29, 1.82) is 0 Å². The quantitative estimate of drug-likeness (QED) is 0.109. The van der Waals surface area contributed by atoms with E-state index in [9.17, 15) is 17.6 Å². The third kappa shape index (κ3) is 5.15. The topological polar surface area (TPSA) is 24.1 Å². The van der Waals surface area contributed by atoms with Crippen molar-refractivity contribution < 1.29 is 26.3 Å². The lowest BCUT2D eigenvalue weighted by molar-refractivity contribution is 0.423. The highest BCUT2D eigenvalue weighted by molar-refractivity contribution is 7.80. The maximum atomic E-state index is 15.1. The summed E-state index contributed by atoms with van der Waals surface area (Å²) < 4.78 is 86.4. The van der Waals surface area contributed by atoms with Crippen molar-refractivity contribution in [3.05, 3.63) is 119 Å². The summed E-state index contributed by atoms with van der Waals surface area (Å²) in [5.41, 5.74) is -0.125. The average Bonchev–Trinajstić information content (AvgIpc) is 2.86. The van der Waals surface area contributed by atoms with Crippen molar-refractivity contribution in [1.82, 2.24) is 0 Å². The van der Waals surface area contributed by atoms with E-state index in [1.165, 1.54) is 0 Å². The second-order valence-corrected chi connectivity index (χ2v) is 8.77. The first-order valence-corrected chi connectivity index (χ1v) is 11.4. The Bertz CT molecular complexity index is 1310. The van der Waals surface area contributed by atoms with E-state index in [-0.39, 0.29) is 0 Å². The number of hydrogen-bond donors (Lipinski definition) is 4. The molecule has 0 heterocycles. The summed E-state index contributed by atoms with van der Waals surface area (Å²) >= 11 is 8.72. The van der Waals surface area contributed by atoms with Gasteiger partial charge < -0.3 is 10.6 Å². The molecule has 4 aromatic carbocycles. The van der Waals surface area contributed by atoms with Crippen LogP contribution in [-0.4, -0.2) is 0 Å². The molecule has 0 radical (unpaired) electrons. The molecular formula is C26H18F6N2S2. The summed E-state index contributed by atoms with van der Waals surface area (Å²) in [5.74, 6) is -9.38. The molecule has 0 spiro atoms. The highest BCUT2D eigenvalue weighted by Crippen LogP contribution is 2.40. The molecule has 2 atom stereocenters. The molecule has 0 aliphatic heterocycles. The first-order valence-electron chi connectivity index (χ1n) is 10.5. The summed E-state index contributed by atoms with van der Waals surface area (Å²) in [5, 5.41) is 5.95. The number of benzene rings is 4. The Morgan fingerprint density at radius 3 is 1.19 bits per heavy atom. The van der Waals surface area contributed by atoms with Crippen LogP contribution in [0.25, 0.3) is 0 Å². The number of halogens is 6. The molecule has 0 fully saturated rings. The number of thiol groups is 2. The molecule has 2 nitrogen and oxygen atoms in total. The molecule has 0 aliphatic rings. The molecule has 0 bridgehead atoms. The second-order valence-electron chi connectivity index (χ2n) is 7.81. The van der Waals surface area contributed by atoms with Crippen molar-refractivity contribution >= 4 is 36.6 Å². The molecule has 0 saturated carbocycles. The average molecular weight is 537 g/mol. The molecule has 0 amide bonds. The summed E-state index contributed by atoms with van der Waals surface area (Å²) in [4.78, 5) is 0.814. The van der Waals surface area contributed by atoms with Crippen molar-refractivity contribution in [3.8, 4) is 0 Å². The number of nitrogens with one attached hydrogen (secondary N) is 2. The lowest BCUT2D eigenvalue weighted by Gasteiger charge is -2.32. The molecule has 2 N–H and O–H groups in total. The molecule has 0 aliphatic carbocycles. The molecule has 10 heteroatoms. The molecular weight excluding hydrogens is 518 g/mol. The normalized spacial score (nSPS) is 12.8. The van der Waals surface area contributed by atoms with Gasteiger partial charge in [0, 0.05) is 32.3 Å². The third-order valence-corrected chi connectivity index (χ3v) is 6.34. The monoisotopic (exact) mass is 536 g/mol. The van der Waals surface area contributed by atoms with E-state index in [2.05, 4.69) is 35.9 Å². The van der Waals surface area contributed by atoms with Gasteiger partial charge in [-0.05, 0) is 36.4 Å². The Balaban J connectivity index is 1.96. The maximum absolute atomic E-state index is 15.1. The van der Waals surface area contributed by atoms with Gasteiger partial charge in [0.25, 0.3) is 0 Å². The van der Waals surface area contributed by atoms with E-state index in [0.29, 0.717) is 21.2 Å². The predicted octanol–water partition coefficient (Wildman–Crippen LogP) is 8.11. The van der Waals surface area contributed by atoms with E-state index in [1.807, 2.05) is 0 Å². The van der Waals surface area contributed by atoms with Crippen LogP contribution >= 0.6 is 25.3 Å². The molecule has 4 aromatic rings. The first-order chi connectivity index (χ1) is 17.2. The first kappa shape index (κ1) is 25.8. The van der Waals surface area contributed by atoms with Crippen molar-refractivity contribution in [2.75, 3.05) is 10.6 Å². The van der Waals surface area contributed by atoms with Crippen LogP contribution < -0.4 is 10.6 Å². The fourth-order valence-corrected chi connectivity index (χ4v) is 4.22. The van der Waals surface area contributed by atoms with Gasteiger partial charge in [-0.1, -0.05) is 36.4 Å². The highest BCUT2D eigenvalue weighted by Gasteiger charge is 2.33. The highest BCUT2D eigenvalue weighted by atomic mass is 32.1. The lowest BCUT2D eigenvalue weighted by atomic mass is 9.91. The zero-order chi connectivity index (χ0) is 26.0. The van der Waals surface area contributed by atoms with Crippen LogP contribution in [0.5, 0.6) is 0 Å². The van der Waals surface area contributed by atoms with Gasteiger partial charge in [0.2, 0.25) is 0 Å². The minimum Gasteiger partial charge on any atom is -0.375 e. The van der Waals surface area contributed by atoms with Crippen LogP contribution in [0.15, 0.2) is 82.6 Å². The molecule has 186 valence electrons. The van der Waals surface area contributed by atoms with Gasteiger partial charge in [-0.15, -0.1) is 25.3 Å². The summed E-state index contributed by atoms with van der Waals surface area (Å²) in [7, 11) is 0. The van der Waals surface area contributed by atoms with Gasteiger partial charge in [-0.25, -0.2) is 26.3 Å². The largest absolute Gasteiger partial charge is 0.375 e. The standard InChI is InChI=1S/C26H18F6N2S2/c27-15-11-9-13(21(29)23(15)31)25(33-17-5-1-3-7-19(17)35)26(34-18-6-2-4-8-20(18)36)14-10-12-16(28)24(32)22(14)30/h1-12,25-26,33-36H. The Morgan fingerprint density at radius 1 is 0.472 bits per heavy atom. The third-order valence-electron chi connectivity index (χ3n) is 5.56. The minimum atomic E-state index is -1.74. The van der Waals surface area contributed by atoms with E-state index in [0.717, 1.165) is 24.3 Å². The van der Waals surface area contributed by atoms with Gasteiger partial charge >= 0.3 is 0 Å². The molecule has 36 heavy (non-hydrogen) atoms. The fraction of sp³-hybridized carbons (Fsp3) is 0.0769. The van der Waals surface area contributed by atoms with E-state index in [1.54, 1.807) is 48.5 Å². The number of rotatable bonds is 7. The number of hydrogen-bond acceptors (Lipinski definition) is 4. The van der Waals surface area contributed by atoms with Crippen molar-refractivity contribution in [2.45, 2.75) is 21.9 Å². The van der Waals surface area contributed by atoms with Gasteiger partial charge in [0.05, 0.1) is 12.1 Å². The number of anilines is 2. The molecule has 4 rings (SSSR count). The minimum absolute atomic E-state index is 0.337. The smallest absolute Gasteiger partial charge is 0.194 e. The zero-order valence-corrected chi connectivity index (χ0v) is 20.0. The van der Waals surface area contributed by atoms with Gasteiger partial charge in [-0.2, -0.15) is 0 Å². The van der Waals surface area contributed by atoms with E-state index >= 15 is 8.78 Å². The van der Waals surface area contributed by atoms with Crippen LogP contribution in [-0.2, 0) is 0 Å². The molecule has 2 unspecified atom stereocenters. The zero-order valence-electron chi connectivity index (χ0n) is 18.2. The van der Waals surface area contributed by atoms with E-state index in [4.69, 9.17) is 0 Å². The van der Waals surface area contributed by atoms with Crippen molar-refractivity contribution in [2.24, 2.45) is 0 Å². The van der Waals surface area contributed by atoms with Crippen LogP contribution in [0, 0.1) is 34.9 Å². The van der Waals surface area contributed by atoms with Crippen LogP contribution in [0.4, 0.5) is 37.7 Å².